The highest BCUT2D eigenvalue weighted by Gasteiger charge is 2.08. The Kier molecular flexibility index (Phi) is 2.83. The molecule has 1 aliphatic rings. The van der Waals surface area contributed by atoms with Crippen LogP contribution >= 0.6 is 0 Å². The van der Waals surface area contributed by atoms with Gasteiger partial charge in [-0.25, -0.2) is 0 Å². The van der Waals surface area contributed by atoms with Gasteiger partial charge in [-0.15, -0.1) is 0 Å². The number of rotatable bonds is 1. The first kappa shape index (κ1) is 9.26. The van der Waals surface area contributed by atoms with Crippen LogP contribution in [0.5, 0.6) is 0 Å². The van der Waals surface area contributed by atoms with Gasteiger partial charge in [0.1, 0.15) is 0 Å². The average Bonchev–Trinajstić information content (AvgIpc) is 2.23. The van der Waals surface area contributed by atoms with Crippen LogP contribution in [-0.4, -0.2) is 0 Å². The van der Waals surface area contributed by atoms with Gasteiger partial charge in [-0.2, -0.15) is 0 Å². The van der Waals surface area contributed by atoms with Crippen LogP contribution in [0.25, 0.3) is 6.08 Å². The van der Waals surface area contributed by atoms with Crippen molar-refractivity contribution in [3.63, 3.8) is 0 Å². The summed E-state index contributed by atoms with van der Waals surface area (Å²) in [5.74, 6) is 0. The van der Waals surface area contributed by atoms with Crippen molar-refractivity contribution in [2.24, 2.45) is 0 Å². The van der Waals surface area contributed by atoms with Crippen molar-refractivity contribution in [2.45, 2.75) is 25.7 Å². The molecule has 0 radical (unpaired) electrons. The minimum Gasteiger partial charge on any atom is -0.0956 e. The topological polar surface area (TPSA) is 0 Å². The number of allylic oxidation sites excluding steroid dienone is 2. The normalized spacial score (nSPS) is 20.0. The van der Waals surface area contributed by atoms with E-state index in [-0.39, 0.29) is 0 Å². The van der Waals surface area contributed by atoms with Crippen molar-refractivity contribution in [3.8, 4) is 0 Å². The number of hydrogen-bond acceptors (Lipinski definition) is 0. The molecule has 0 aromatic heterocycles. The van der Waals surface area contributed by atoms with Crippen LogP contribution in [0, 0.1) is 0 Å². The summed E-state index contributed by atoms with van der Waals surface area (Å²) in [5.41, 5.74) is 4.08. The molecule has 2 rings (SSSR count). The molecule has 0 nitrogen and oxygen atoms in total. The highest BCUT2D eigenvalue weighted by atomic mass is 14.1. The number of benzene rings is 1. The van der Waals surface area contributed by atoms with Gasteiger partial charge in [-0.05, 0) is 36.8 Å². The Bertz CT molecular complexity index is 344. The zero-order valence-electron chi connectivity index (χ0n) is 8.50. The van der Waals surface area contributed by atoms with Crippen LogP contribution in [0.3, 0.4) is 0 Å². The third-order valence-electron chi connectivity index (χ3n) is 2.77. The van der Waals surface area contributed by atoms with Crippen molar-refractivity contribution in [1.82, 2.24) is 0 Å². The van der Waals surface area contributed by atoms with Gasteiger partial charge in [0.05, 0.1) is 0 Å². The molecule has 1 fully saturated rings. The Hall–Kier alpha value is -1.30. The maximum Gasteiger partial charge on any atom is -0.0254 e. The minimum atomic E-state index is 1.18. The molecule has 14 heavy (non-hydrogen) atoms. The lowest BCUT2D eigenvalue weighted by Crippen LogP contribution is -1.96. The van der Waals surface area contributed by atoms with Gasteiger partial charge >= 0.3 is 0 Å². The molecule has 0 heteroatoms. The summed E-state index contributed by atoms with van der Waals surface area (Å²) >= 11 is 0. The second kappa shape index (κ2) is 4.28. The van der Waals surface area contributed by atoms with Crippen LogP contribution < -0.4 is 0 Å². The predicted octanol–water partition coefficient (Wildman–Crippen LogP) is 4.20. The summed E-state index contributed by atoms with van der Waals surface area (Å²) < 4.78 is 0. The van der Waals surface area contributed by atoms with E-state index in [9.17, 15) is 0 Å². The number of hydrogen-bond donors (Lipinski definition) is 0. The van der Waals surface area contributed by atoms with Crippen molar-refractivity contribution in [2.75, 3.05) is 0 Å². The van der Waals surface area contributed by atoms with Crippen LogP contribution in [-0.2, 0) is 0 Å². The molecule has 0 spiro atoms. The smallest absolute Gasteiger partial charge is 0.0254 e. The Morgan fingerprint density at radius 3 is 2.43 bits per heavy atom. The first-order chi connectivity index (χ1) is 6.86. The van der Waals surface area contributed by atoms with Gasteiger partial charge in [-0.1, -0.05) is 48.6 Å². The minimum absolute atomic E-state index is 1.18. The van der Waals surface area contributed by atoms with Gasteiger partial charge < -0.3 is 0 Å². The molecule has 1 aliphatic carbocycles. The average molecular weight is 184 g/mol. The highest BCUT2D eigenvalue weighted by Crippen LogP contribution is 2.28. The monoisotopic (exact) mass is 184 g/mol. The standard InChI is InChI=1S/C14H16/c1-12-7-5-6-10-14(12)11-13-8-3-2-4-9-13/h2-4,8-9,11H,1,5-7,10H2/b14-11-. The Labute approximate surface area is 86.0 Å². The van der Waals surface area contributed by atoms with Gasteiger partial charge in [0.2, 0.25) is 0 Å². The molecule has 1 aromatic rings. The molecule has 0 aliphatic heterocycles. The van der Waals surface area contributed by atoms with Crippen molar-refractivity contribution >= 4 is 6.08 Å². The van der Waals surface area contributed by atoms with Crippen molar-refractivity contribution in [3.05, 3.63) is 53.6 Å². The molecule has 0 amide bonds. The van der Waals surface area contributed by atoms with Gasteiger partial charge in [0, 0.05) is 0 Å². The third-order valence-corrected chi connectivity index (χ3v) is 2.77. The second-order valence-corrected chi connectivity index (χ2v) is 3.89. The van der Waals surface area contributed by atoms with E-state index in [1.165, 1.54) is 42.4 Å². The third kappa shape index (κ3) is 2.14. The lowest BCUT2D eigenvalue weighted by molar-refractivity contribution is 0.684. The molecule has 0 unspecified atom stereocenters. The Morgan fingerprint density at radius 1 is 1.00 bits per heavy atom. The first-order valence-corrected chi connectivity index (χ1v) is 5.30. The van der Waals surface area contributed by atoms with E-state index >= 15 is 0 Å². The quantitative estimate of drug-likeness (QED) is 0.613. The largest absolute Gasteiger partial charge is 0.0956 e. The summed E-state index contributed by atoms with van der Waals surface area (Å²) in [6.07, 6.45) is 7.29. The summed E-state index contributed by atoms with van der Waals surface area (Å²) in [6, 6.07) is 10.5. The summed E-state index contributed by atoms with van der Waals surface area (Å²) in [5, 5.41) is 0. The van der Waals surface area contributed by atoms with E-state index in [1.54, 1.807) is 0 Å². The lowest BCUT2D eigenvalue weighted by Gasteiger charge is -2.16. The van der Waals surface area contributed by atoms with Crippen molar-refractivity contribution < 1.29 is 0 Å². The fourth-order valence-corrected chi connectivity index (χ4v) is 1.92. The van der Waals surface area contributed by atoms with Crippen LogP contribution in [0.15, 0.2) is 48.1 Å². The molecule has 0 atom stereocenters. The van der Waals surface area contributed by atoms with E-state index < -0.39 is 0 Å². The molecular weight excluding hydrogens is 168 g/mol. The summed E-state index contributed by atoms with van der Waals surface area (Å²) in [7, 11) is 0. The fourth-order valence-electron chi connectivity index (χ4n) is 1.92. The van der Waals surface area contributed by atoms with Crippen LogP contribution in [0.4, 0.5) is 0 Å². The van der Waals surface area contributed by atoms with Crippen molar-refractivity contribution in [1.29, 1.82) is 0 Å². The van der Waals surface area contributed by atoms with Crippen LogP contribution in [0.1, 0.15) is 31.2 Å². The molecule has 0 bridgehead atoms. The molecular formula is C14H16. The van der Waals surface area contributed by atoms with Gasteiger partial charge in [0.15, 0.2) is 0 Å². The zero-order valence-corrected chi connectivity index (χ0v) is 8.50. The zero-order chi connectivity index (χ0) is 9.80. The molecule has 72 valence electrons. The Balaban J connectivity index is 2.21. The lowest BCUT2D eigenvalue weighted by atomic mass is 9.89. The van der Waals surface area contributed by atoms with Crippen LogP contribution in [0.2, 0.25) is 0 Å². The van der Waals surface area contributed by atoms with Gasteiger partial charge in [0.25, 0.3) is 0 Å². The maximum atomic E-state index is 4.12. The molecule has 1 saturated carbocycles. The summed E-state index contributed by atoms with van der Waals surface area (Å²) in [4.78, 5) is 0. The van der Waals surface area contributed by atoms with E-state index in [0.29, 0.717) is 0 Å². The molecule has 0 N–H and O–H groups in total. The molecule has 1 aromatic carbocycles. The predicted molar refractivity (Wildman–Crippen MR) is 62.0 cm³/mol. The molecule has 0 saturated heterocycles. The summed E-state index contributed by atoms with van der Waals surface area (Å²) in [6.45, 7) is 4.12. The maximum absolute atomic E-state index is 4.12. The fraction of sp³-hybridized carbons (Fsp3) is 0.286. The Morgan fingerprint density at radius 2 is 1.71 bits per heavy atom. The van der Waals surface area contributed by atoms with Gasteiger partial charge in [-0.3, -0.25) is 0 Å². The first-order valence-electron chi connectivity index (χ1n) is 5.30. The van der Waals surface area contributed by atoms with E-state index in [2.05, 4.69) is 43.0 Å². The molecule has 0 heterocycles. The highest BCUT2D eigenvalue weighted by molar-refractivity contribution is 5.58. The van der Waals surface area contributed by atoms with E-state index in [4.69, 9.17) is 0 Å². The second-order valence-electron chi connectivity index (χ2n) is 3.89. The van der Waals surface area contributed by atoms with E-state index in [1.807, 2.05) is 0 Å². The van der Waals surface area contributed by atoms with E-state index in [0.717, 1.165) is 0 Å². The SMILES string of the molecule is C=C1CCCC/C1=C/c1ccccc1.